The molecule has 1 heterocycles. The van der Waals surface area contributed by atoms with Crippen LogP contribution in [0.5, 0.6) is 5.88 Å². The minimum Gasteiger partial charge on any atom is -0.464 e. The second kappa shape index (κ2) is 6.04. The van der Waals surface area contributed by atoms with Gasteiger partial charge in [-0.05, 0) is 28.2 Å². The Labute approximate surface area is 122 Å². The van der Waals surface area contributed by atoms with Crippen LogP contribution >= 0.6 is 38.5 Å². The Bertz CT molecular complexity index is 467. The van der Waals surface area contributed by atoms with Crippen LogP contribution in [0.2, 0.25) is 0 Å². The zero-order valence-electron chi connectivity index (χ0n) is 8.85. The van der Waals surface area contributed by atoms with Crippen LogP contribution in [0.25, 0.3) is 0 Å². The summed E-state index contributed by atoms with van der Waals surface area (Å²) in [6.45, 7) is 0. The van der Waals surface area contributed by atoms with E-state index in [1.807, 2.05) is 0 Å². The van der Waals surface area contributed by atoms with Gasteiger partial charge in [0.15, 0.2) is 5.69 Å². The first-order valence-corrected chi connectivity index (χ1v) is 6.58. The molecule has 0 saturated carbocycles. The average molecular weight is 440 g/mol. The molecule has 0 spiro atoms. The van der Waals surface area contributed by atoms with Crippen molar-refractivity contribution in [1.82, 2.24) is 4.98 Å². The number of esters is 1. The lowest BCUT2D eigenvalue weighted by atomic mass is 10.2. The van der Waals surface area contributed by atoms with Gasteiger partial charge >= 0.3 is 12.3 Å². The molecule has 0 atom stereocenters. The van der Waals surface area contributed by atoms with E-state index in [-0.39, 0.29) is 11.0 Å². The zero-order valence-corrected chi connectivity index (χ0v) is 12.6. The van der Waals surface area contributed by atoms with Gasteiger partial charge in [0.1, 0.15) is 0 Å². The maximum atomic E-state index is 12.1. The van der Waals surface area contributed by atoms with Crippen molar-refractivity contribution in [2.45, 2.75) is 11.7 Å². The Morgan fingerprint density at radius 3 is 2.61 bits per heavy atom. The van der Waals surface area contributed by atoms with Crippen molar-refractivity contribution in [3.8, 4) is 5.88 Å². The number of rotatable bonds is 3. The van der Waals surface area contributed by atoms with Gasteiger partial charge in [-0.3, -0.25) is 0 Å². The highest BCUT2D eigenvalue weighted by Gasteiger charge is 2.32. The lowest BCUT2D eigenvalue weighted by Crippen LogP contribution is -2.19. The number of hydrogen-bond donors (Lipinski definition) is 0. The maximum absolute atomic E-state index is 12.1. The summed E-state index contributed by atoms with van der Waals surface area (Å²) >= 11 is 4.91. The molecule has 1 aromatic rings. The van der Waals surface area contributed by atoms with Crippen molar-refractivity contribution >= 4 is 44.5 Å². The van der Waals surface area contributed by atoms with Gasteiger partial charge in [-0.25, -0.2) is 9.78 Å². The molecule has 100 valence electrons. The smallest absolute Gasteiger partial charge is 0.464 e. The van der Waals surface area contributed by atoms with Gasteiger partial charge in [-0.2, -0.15) is 0 Å². The van der Waals surface area contributed by atoms with Crippen molar-refractivity contribution in [3.05, 3.63) is 20.9 Å². The number of carbonyl (C=O) groups is 1. The zero-order chi connectivity index (χ0) is 13.9. The van der Waals surface area contributed by atoms with E-state index in [1.165, 1.54) is 0 Å². The number of halogens is 5. The number of aromatic nitrogens is 1. The minimum absolute atomic E-state index is 0.214. The first-order chi connectivity index (χ1) is 8.28. The summed E-state index contributed by atoms with van der Waals surface area (Å²) in [5.41, 5.74) is 0.236. The third kappa shape index (κ3) is 3.97. The van der Waals surface area contributed by atoms with Gasteiger partial charge in [0.05, 0.1) is 10.7 Å². The summed E-state index contributed by atoms with van der Waals surface area (Å²) in [7, 11) is 1.12. The Morgan fingerprint density at radius 1 is 1.56 bits per heavy atom. The standard InChI is InChI=1S/C9H6BrF3INO3/c1-17-8(16)7-6(14)4(3-10)2-5(15-7)18-9(11,12)13/h2H,3H2,1H3. The Balaban J connectivity index is 3.26. The molecule has 0 aliphatic carbocycles. The number of carbonyl (C=O) groups excluding carboxylic acids is 1. The lowest BCUT2D eigenvalue weighted by Gasteiger charge is -2.12. The molecule has 0 aliphatic rings. The summed E-state index contributed by atoms with van der Waals surface area (Å²) in [4.78, 5) is 14.9. The lowest BCUT2D eigenvalue weighted by molar-refractivity contribution is -0.276. The molecule has 0 fully saturated rings. The topological polar surface area (TPSA) is 48.4 Å². The van der Waals surface area contributed by atoms with Crippen LogP contribution in [-0.2, 0) is 10.1 Å². The van der Waals surface area contributed by atoms with Crippen molar-refractivity contribution in [3.63, 3.8) is 0 Å². The molecule has 0 N–H and O–H groups in total. The quantitative estimate of drug-likeness (QED) is 0.412. The number of pyridine rings is 1. The fourth-order valence-electron chi connectivity index (χ4n) is 1.06. The van der Waals surface area contributed by atoms with Crippen LogP contribution in [-0.4, -0.2) is 24.4 Å². The van der Waals surface area contributed by atoms with Gasteiger partial charge in [-0.15, -0.1) is 13.2 Å². The number of nitrogens with zero attached hydrogens (tertiary/aromatic N) is 1. The molecule has 4 nitrogen and oxygen atoms in total. The second-order valence-corrected chi connectivity index (χ2v) is 4.59. The molecule has 0 saturated heterocycles. The van der Waals surface area contributed by atoms with E-state index in [1.54, 1.807) is 22.6 Å². The van der Waals surface area contributed by atoms with E-state index in [9.17, 15) is 18.0 Å². The highest BCUT2D eigenvalue weighted by atomic mass is 127. The number of ether oxygens (including phenoxy) is 2. The maximum Gasteiger partial charge on any atom is 0.574 e. The fraction of sp³-hybridized carbons (Fsp3) is 0.333. The summed E-state index contributed by atoms with van der Waals surface area (Å²) in [6, 6.07) is 1.11. The van der Waals surface area contributed by atoms with E-state index < -0.39 is 18.2 Å². The third-order valence-corrected chi connectivity index (χ3v) is 3.56. The Morgan fingerprint density at radius 2 is 2.17 bits per heavy atom. The Hall–Kier alpha value is -0.580. The first kappa shape index (κ1) is 15.5. The van der Waals surface area contributed by atoms with Crippen LogP contribution in [0, 0.1) is 3.57 Å². The van der Waals surface area contributed by atoms with Crippen molar-refractivity contribution < 1.29 is 27.4 Å². The highest BCUT2D eigenvalue weighted by Crippen LogP contribution is 2.27. The van der Waals surface area contributed by atoms with E-state index in [2.05, 4.69) is 30.4 Å². The van der Waals surface area contributed by atoms with Crippen molar-refractivity contribution in [2.75, 3.05) is 7.11 Å². The van der Waals surface area contributed by atoms with Gasteiger partial charge in [0.25, 0.3) is 0 Å². The van der Waals surface area contributed by atoms with Gasteiger partial charge < -0.3 is 9.47 Å². The molecule has 9 heteroatoms. The largest absolute Gasteiger partial charge is 0.574 e. The SMILES string of the molecule is COC(=O)c1nc(OC(F)(F)F)cc(CBr)c1I. The number of alkyl halides is 4. The molecule has 0 aromatic carbocycles. The second-order valence-electron chi connectivity index (χ2n) is 2.96. The molecule has 0 unspecified atom stereocenters. The van der Waals surface area contributed by atoms with Crippen molar-refractivity contribution in [2.24, 2.45) is 0 Å². The molecule has 0 radical (unpaired) electrons. The van der Waals surface area contributed by atoms with Crippen LogP contribution in [0.1, 0.15) is 16.1 Å². The predicted molar refractivity (Wildman–Crippen MR) is 67.6 cm³/mol. The van der Waals surface area contributed by atoms with Crippen LogP contribution in [0.3, 0.4) is 0 Å². The normalized spacial score (nSPS) is 11.2. The monoisotopic (exact) mass is 439 g/mol. The number of methoxy groups -OCH3 is 1. The average Bonchev–Trinajstić information content (AvgIpc) is 2.28. The van der Waals surface area contributed by atoms with Crippen LogP contribution < -0.4 is 4.74 Å². The van der Waals surface area contributed by atoms with E-state index in [0.717, 1.165) is 13.2 Å². The molecular formula is C9H6BrF3INO3. The summed E-state index contributed by atoms with van der Waals surface area (Å²) in [6.07, 6.45) is -4.86. The fourth-order valence-corrected chi connectivity index (χ4v) is 2.71. The summed E-state index contributed by atoms with van der Waals surface area (Å²) in [5, 5.41) is 0.256. The molecular weight excluding hydrogens is 434 g/mol. The summed E-state index contributed by atoms with van der Waals surface area (Å²) < 4.78 is 44.8. The molecule has 1 rings (SSSR count). The molecule has 0 bridgehead atoms. The highest BCUT2D eigenvalue weighted by molar-refractivity contribution is 14.1. The molecule has 0 amide bonds. The Kier molecular flexibility index (Phi) is 5.20. The molecule has 0 aliphatic heterocycles. The minimum atomic E-state index is -4.86. The molecule has 18 heavy (non-hydrogen) atoms. The van der Waals surface area contributed by atoms with Gasteiger partial charge in [-0.1, -0.05) is 15.9 Å². The first-order valence-electron chi connectivity index (χ1n) is 4.38. The van der Waals surface area contributed by atoms with E-state index >= 15 is 0 Å². The summed E-state index contributed by atoms with van der Waals surface area (Å²) in [5.74, 6) is -1.52. The predicted octanol–water partition coefficient (Wildman–Crippen LogP) is 3.27. The van der Waals surface area contributed by atoms with Gasteiger partial charge in [0.2, 0.25) is 5.88 Å². The van der Waals surface area contributed by atoms with E-state index in [0.29, 0.717) is 9.13 Å². The van der Waals surface area contributed by atoms with Crippen molar-refractivity contribution in [1.29, 1.82) is 0 Å². The van der Waals surface area contributed by atoms with Crippen LogP contribution in [0.15, 0.2) is 6.07 Å². The number of hydrogen-bond acceptors (Lipinski definition) is 4. The van der Waals surface area contributed by atoms with Crippen LogP contribution in [0.4, 0.5) is 13.2 Å². The molecule has 1 aromatic heterocycles. The van der Waals surface area contributed by atoms with E-state index in [4.69, 9.17) is 0 Å². The third-order valence-electron chi connectivity index (χ3n) is 1.75. The van der Waals surface area contributed by atoms with Gasteiger partial charge in [0, 0.05) is 11.4 Å².